The van der Waals surface area contributed by atoms with Crippen LogP contribution in [0.3, 0.4) is 0 Å². The van der Waals surface area contributed by atoms with E-state index in [-0.39, 0.29) is 6.42 Å². The standard InChI is InChI=1S/C22H29F3N2O4/c1-6-15(7-2)17(19(29)31-21(3,4)5)27-18(28)16(26-20(30)22(23,24)25)13-14-11-9-8-10-12-14/h6,8-12,15-17H,1,7,13H2,2-5H3,(H,26,30)(H,27,28)/t15?,16-,17+/m0/s1. The minimum absolute atomic E-state index is 0.194. The lowest BCUT2D eigenvalue weighted by Crippen LogP contribution is -2.56. The number of hydrogen-bond donors (Lipinski definition) is 2. The van der Waals surface area contributed by atoms with Crippen molar-refractivity contribution in [2.75, 3.05) is 0 Å². The summed E-state index contributed by atoms with van der Waals surface area (Å²) in [5.41, 5.74) is -0.303. The lowest BCUT2D eigenvalue weighted by Gasteiger charge is -2.29. The third-order valence-corrected chi connectivity index (χ3v) is 4.32. The Morgan fingerprint density at radius 1 is 1.10 bits per heavy atom. The second-order valence-electron chi connectivity index (χ2n) is 8.04. The highest BCUT2D eigenvalue weighted by atomic mass is 19.4. The first-order chi connectivity index (χ1) is 14.3. The van der Waals surface area contributed by atoms with E-state index in [2.05, 4.69) is 11.9 Å². The molecule has 1 aromatic carbocycles. The van der Waals surface area contributed by atoms with Crippen LogP contribution in [0.1, 0.15) is 39.7 Å². The first-order valence-electron chi connectivity index (χ1n) is 9.86. The van der Waals surface area contributed by atoms with E-state index in [1.165, 1.54) is 6.08 Å². The average Bonchev–Trinajstić information content (AvgIpc) is 2.66. The molecule has 0 radical (unpaired) electrons. The number of rotatable bonds is 9. The minimum atomic E-state index is -5.16. The van der Waals surface area contributed by atoms with Crippen molar-refractivity contribution in [3.63, 3.8) is 0 Å². The summed E-state index contributed by atoms with van der Waals surface area (Å²) in [4.78, 5) is 37.1. The summed E-state index contributed by atoms with van der Waals surface area (Å²) in [6, 6.07) is 5.53. The molecule has 6 nitrogen and oxygen atoms in total. The summed E-state index contributed by atoms with van der Waals surface area (Å²) in [7, 11) is 0. The maximum absolute atomic E-state index is 12.9. The zero-order valence-electron chi connectivity index (χ0n) is 18.1. The molecule has 1 rings (SSSR count). The Labute approximate surface area is 180 Å². The number of alkyl halides is 3. The van der Waals surface area contributed by atoms with Crippen LogP contribution in [0.4, 0.5) is 13.2 Å². The Morgan fingerprint density at radius 3 is 2.13 bits per heavy atom. The van der Waals surface area contributed by atoms with Crippen molar-refractivity contribution in [2.24, 2.45) is 5.92 Å². The molecule has 2 amide bonds. The largest absolute Gasteiger partial charge is 0.471 e. The van der Waals surface area contributed by atoms with Gasteiger partial charge in [0.25, 0.3) is 0 Å². The third kappa shape index (κ3) is 8.82. The smallest absolute Gasteiger partial charge is 0.458 e. The van der Waals surface area contributed by atoms with Gasteiger partial charge in [0.05, 0.1) is 0 Å². The van der Waals surface area contributed by atoms with Gasteiger partial charge in [-0.2, -0.15) is 13.2 Å². The number of benzene rings is 1. The Kier molecular flexibility index (Phi) is 9.27. The molecule has 0 aliphatic heterocycles. The summed E-state index contributed by atoms with van der Waals surface area (Å²) >= 11 is 0. The average molecular weight is 442 g/mol. The van der Waals surface area contributed by atoms with Crippen LogP contribution in [-0.4, -0.2) is 41.6 Å². The maximum atomic E-state index is 12.9. The molecule has 9 heteroatoms. The highest BCUT2D eigenvalue weighted by molar-refractivity contribution is 5.92. The Bertz CT molecular complexity index is 773. The number of nitrogens with one attached hydrogen (secondary N) is 2. The molecule has 0 fully saturated rings. The van der Waals surface area contributed by atoms with Crippen molar-refractivity contribution < 1.29 is 32.3 Å². The van der Waals surface area contributed by atoms with Crippen LogP contribution in [0.5, 0.6) is 0 Å². The van der Waals surface area contributed by atoms with Gasteiger partial charge in [0.1, 0.15) is 17.7 Å². The number of esters is 1. The van der Waals surface area contributed by atoms with E-state index < -0.39 is 47.6 Å². The molecule has 1 aromatic rings. The second kappa shape index (κ2) is 11.0. The second-order valence-corrected chi connectivity index (χ2v) is 8.04. The van der Waals surface area contributed by atoms with Gasteiger partial charge < -0.3 is 15.4 Å². The van der Waals surface area contributed by atoms with Crippen LogP contribution in [0, 0.1) is 5.92 Å². The van der Waals surface area contributed by atoms with Crippen LogP contribution in [-0.2, 0) is 25.5 Å². The van der Waals surface area contributed by atoms with Gasteiger partial charge in [-0.25, -0.2) is 4.79 Å². The van der Waals surface area contributed by atoms with Crippen molar-refractivity contribution in [3.8, 4) is 0 Å². The molecule has 172 valence electrons. The van der Waals surface area contributed by atoms with Gasteiger partial charge in [0.15, 0.2) is 0 Å². The van der Waals surface area contributed by atoms with Crippen LogP contribution < -0.4 is 10.6 Å². The van der Waals surface area contributed by atoms with Crippen molar-refractivity contribution in [2.45, 2.75) is 64.4 Å². The highest BCUT2D eigenvalue weighted by Gasteiger charge is 2.41. The van der Waals surface area contributed by atoms with Crippen LogP contribution in [0.15, 0.2) is 43.0 Å². The number of ether oxygens (including phenoxy) is 1. The minimum Gasteiger partial charge on any atom is -0.458 e. The Balaban J connectivity index is 3.16. The van der Waals surface area contributed by atoms with Crippen molar-refractivity contribution in [1.82, 2.24) is 10.6 Å². The monoisotopic (exact) mass is 442 g/mol. The molecule has 0 heterocycles. The third-order valence-electron chi connectivity index (χ3n) is 4.32. The van der Waals surface area contributed by atoms with E-state index in [9.17, 15) is 27.6 Å². The van der Waals surface area contributed by atoms with Gasteiger partial charge in [-0.15, -0.1) is 6.58 Å². The normalized spacial score (nSPS) is 14.7. The van der Waals surface area contributed by atoms with Crippen LogP contribution in [0.25, 0.3) is 0 Å². The molecule has 31 heavy (non-hydrogen) atoms. The predicted octanol–water partition coefficient (Wildman–Crippen LogP) is 3.31. The fourth-order valence-corrected chi connectivity index (χ4v) is 2.80. The van der Waals surface area contributed by atoms with Crippen molar-refractivity contribution in [3.05, 3.63) is 48.6 Å². The summed E-state index contributed by atoms with van der Waals surface area (Å²) in [6.07, 6.45) is -3.46. The summed E-state index contributed by atoms with van der Waals surface area (Å²) in [5, 5.41) is 4.17. The van der Waals surface area contributed by atoms with Gasteiger partial charge >= 0.3 is 18.1 Å². The molecule has 0 aliphatic rings. The van der Waals surface area contributed by atoms with E-state index in [1.807, 2.05) is 0 Å². The maximum Gasteiger partial charge on any atom is 0.471 e. The molecule has 2 N–H and O–H groups in total. The van der Waals surface area contributed by atoms with E-state index >= 15 is 0 Å². The van der Waals surface area contributed by atoms with Gasteiger partial charge in [0, 0.05) is 12.3 Å². The van der Waals surface area contributed by atoms with Gasteiger partial charge in [0.2, 0.25) is 5.91 Å². The summed E-state index contributed by atoms with van der Waals surface area (Å²) in [6.45, 7) is 10.4. The van der Waals surface area contributed by atoms with E-state index in [1.54, 1.807) is 63.3 Å². The molecule has 0 saturated carbocycles. The SMILES string of the molecule is C=CC(CC)[C@@H](NC(=O)[C@H](Cc1ccccc1)NC(=O)C(F)(F)F)C(=O)OC(C)(C)C. The van der Waals surface area contributed by atoms with Crippen LogP contribution >= 0.6 is 0 Å². The molecule has 0 aliphatic carbocycles. The molecule has 0 saturated heterocycles. The first kappa shape index (κ1) is 26.2. The van der Waals surface area contributed by atoms with Gasteiger partial charge in [-0.1, -0.05) is 43.3 Å². The number of carbonyl (C=O) groups excluding carboxylic acids is 3. The van der Waals surface area contributed by atoms with Gasteiger partial charge in [-0.3, -0.25) is 9.59 Å². The number of amides is 2. The fourth-order valence-electron chi connectivity index (χ4n) is 2.80. The number of halogens is 3. The van der Waals surface area contributed by atoms with Crippen molar-refractivity contribution in [1.29, 1.82) is 0 Å². The fraction of sp³-hybridized carbons (Fsp3) is 0.500. The van der Waals surface area contributed by atoms with Crippen molar-refractivity contribution >= 4 is 17.8 Å². The molecule has 0 bridgehead atoms. The highest BCUT2D eigenvalue weighted by Crippen LogP contribution is 2.18. The molecular formula is C22H29F3N2O4. The molecule has 1 unspecified atom stereocenters. The molecule has 3 atom stereocenters. The summed E-state index contributed by atoms with van der Waals surface area (Å²) in [5.74, 6) is -4.44. The van der Waals surface area contributed by atoms with Gasteiger partial charge in [-0.05, 0) is 32.8 Å². The molecule has 0 aromatic heterocycles. The Hall–Kier alpha value is -2.84. The quantitative estimate of drug-likeness (QED) is 0.454. The van der Waals surface area contributed by atoms with Crippen LogP contribution in [0.2, 0.25) is 0 Å². The first-order valence-corrected chi connectivity index (χ1v) is 9.86. The zero-order valence-corrected chi connectivity index (χ0v) is 18.1. The summed E-state index contributed by atoms with van der Waals surface area (Å²) < 4.78 is 43.7. The lowest BCUT2D eigenvalue weighted by molar-refractivity contribution is -0.174. The zero-order chi connectivity index (χ0) is 23.8. The topological polar surface area (TPSA) is 84.5 Å². The van der Waals surface area contributed by atoms with E-state index in [0.29, 0.717) is 12.0 Å². The predicted molar refractivity (Wildman–Crippen MR) is 110 cm³/mol. The number of hydrogen-bond acceptors (Lipinski definition) is 4. The van der Waals surface area contributed by atoms with E-state index in [0.717, 1.165) is 0 Å². The number of carbonyl (C=O) groups is 3. The molecular weight excluding hydrogens is 413 g/mol. The van der Waals surface area contributed by atoms with E-state index in [4.69, 9.17) is 4.74 Å². The lowest BCUT2D eigenvalue weighted by atomic mass is 9.95. The molecule has 0 spiro atoms. The Morgan fingerprint density at radius 2 is 1.68 bits per heavy atom.